The first kappa shape index (κ1) is 27.9. The molecule has 0 amide bonds. The first-order chi connectivity index (χ1) is 16.0. The van der Waals surface area contributed by atoms with Gasteiger partial charge in [0.2, 0.25) is 0 Å². The molecule has 0 atom stereocenters. The molecule has 4 heteroatoms. The van der Waals surface area contributed by atoms with Crippen LogP contribution in [0.3, 0.4) is 0 Å². The van der Waals surface area contributed by atoms with E-state index in [9.17, 15) is 19.8 Å². The smallest absolute Gasteiger partial charge is 0.309 e. The largest absolute Gasteiger partial charge is 0.481 e. The van der Waals surface area contributed by atoms with Crippen molar-refractivity contribution in [1.82, 2.24) is 0 Å². The van der Waals surface area contributed by atoms with Gasteiger partial charge in [-0.2, -0.15) is 0 Å². The molecule has 190 valence electrons. The lowest BCUT2D eigenvalue weighted by molar-refractivity contribution is -0.152. The Bertz CT molecular complexity index is 582. The standard InChI is InChI=1S/C29H50O4/c30-26(31)28(22-16-12-17-23-28)20-14-10-8-6-4-2-1-3-5-7-9-11-15-21-29(27(32)33)24-18-13-19-25-29/h1-2H,3-25H2,(H,30,31)(H,32,33)/b2-1-. The molecule has 2 fully saturated rings. The van der Waals surface area contributed by atoms with Crippen LogP contribution in [0.1, 0.15) is 148 Å². The number of rotatable bonds is 17. The van der Waals surface area contributed by atoms with Crippen LogP contribution in [0.4, 0.5) is 0 Å². The van der Waals surface area contributed by atoms with Crippen molar-refractivity contribution in [2.75, 3.05) is 0 Å². The molecule has 0 aliphatic heterocycles. The summed E-state index contributed by atoms with van der Waals surface area (Å²) < 4.78 is 0. The van der Waals surface area contributed by atoms with Crippen molar-refractivity contribution < 1.29 is 19.8 Å². The molecule has 0 aromatic heterocycles. The van der Waals surface area contributed by atoms with Crippen LogP contribution in [-0.4, -0.2) is 22.2 Å². The fourth-order valence-electron chi connectivity index (χ4n) is 6.17. The van der Waals surface area contributed by atoms with Gasteiger partial charge >= 0.3 is 11.9 Å². The molecule has 2 saturated carbocycles. The maximum absolute atomic E-state index is 11.7. The number of aliphatic carboxylic acids is 2. The average molecular weight is 463 g/mol. The molecule has 0 aromatic rings. The first-order valence-corrected chi connectivity index (χ1v) is 14.1. The van der Waals surface area contributed by atoms with E-state index >= 15 is 0 Å². The quantitative estimate of drug-likeness (QED) is 0.167. The van der Waals surface area contributed by atoms with Crippen molar-refractivity contribution in [3.05, 3.63) is 12.2 Å². The lowest BCUT2D eigenvalue weighted by Gasteiger charge is -2.33. The molecular weight excluding hydrogens is 412 g/mol. The van der Waals surface area contributed by atoms with Gasteiger partial charge in [-0.05, 0) is 64.2 Å². The van der Waals surface area contributed by atoms with Gasteiger partial charge in [0.15, 0.2) is 0 Å². The Kier molecular flexibility index (Phi) is 13.2. The van der Waals surface area contributed by atoms with Crippen LogP contribution in [0.5, 0.6) is 0 Å². The fraction of sp³-hybridized carbons (Fsp3) is 0.862. The normalized spacial score (nSPS) is 20.1. The van der Waals surface area contributed by atoms with Crippen molar-refractivity contribution in [2.45, 2.75) is 148 Å². The number of hydrogen-bond acceptors (Lipinski definition) is 2. The molecule has 0 radical (unpaired) electrons. The van der Waals surface area contributed by atoms with Gasteiger partial charge in [-0.3, -0.25) is 9.59 Å². The fourth-order valence-corrected chi connectivity index (χ4v) is 6.17. The summed E-state index contributed by atoms with van der Waals surface area (Å²) in [7, 11) is 0. The zero-order chi connectivity index (χ0) is 23.8. The number of carboxylic acid groups (broad SMARTS) is 2. The van der Waals surface area contributed by atoms with Crippen LogP contribution in [0.2, 0.25) is 0 Å². The lowest BCUT2D eigenvalue weighted by Crippen LogP contribution is -2.33. The van der Waals surface area contributed by atoms with E-state index in [0.29, 0.717) is 0 Å². The molecule has 0 aromatic carbocycles. The van der Waals surface area contributed by atoms with Crippen LogP contribution < -0.4 is 0 Å². The van der Waals surface area contributed by atoms with Crippen LogP contribution in [-0.2, 0) is 9.59 Å². The molecule has 2 rings (SSSR count). The molecule has 0 spiro atoms. The molecule has 2 aliphatic rings. The number of carboxylic acids is 2. The molecule has 2 aliphatic carbocycles. The van der Waals surface area contributed by atoms with Crippen LogP contribution in [0, 0.1) is 10.8 Å². The summed E-state index contributed by atoms with van der Waals surface area (Å²) in [6.07, 6.45) is 29.5. The van der Waals surface area contributed by atoms with Gasteiger partial charge < -0.3 is 10.2 Å². The average Bonchev–Trinajstić information content (AvgIpc) is 2.82. The van der Waals surface area contributed by atoms with E-state index in [2.05, 4.69) is 12.2 Å². The van der Waals surface area contributed by atoms with E-state index in [1.165, 1.54) is 51.4 Å². The Balaban J connectivity index is 1.40. The Labute approximate surface area is 202 Å². The van der Waals surface area contributed by atoms with Crippen LogP contribution in [0.15, 0.2) is 12.2 Å². The minimum atomic E-state index is -0.557. The molecule has 2 N–H and O–H groups in total. The van der Waals surface area contributed by atoms with Crippen molar-refractivity contribution >= 4 is 11.9 Å². The second kappa shape index (κ2) is 15.6. The second-order valence-corrected chi connectivity index (χ2v) is 11.0. The van der Waals surface area contributed by atoms with Gasteiger partial charge in [0.1, 0.15) is 0 Å². The molecule has 0 bridgehead atoms. The van der Waals surface area contributed by atoms with Gasteiger partial charge in [-0.15, -0.1) is 0 Å². The predicted octanol–water partition coefficient (Wildman–Crippen LogP) is 8.68. The van der Waals surface area contributed by atoms with Crippen molar-refractivity contribution in [3.8, 4) is 0 Å². The molecule has 33 heavy (non-hydrogen) atoms. The van der Waals surface area contributed by atoms with Crippen LogP contribution in [0.25, 0.3) is 0 Å². The summed E-state index contributed by atoms with van der Waals surface area (Å²) in [6, 6.07) is 0. The minimum absolute atomic E-state index is 0.408. The third-order valence-electron chi connectivity index (χ3n) is 8.50. The highest BCUT2D eigenvalue weighted by molar-refractivity contribution is 5.75. The maximum atomic E-state index is 11.7. The zero-order valence-corrected chi connectivity index (χ0v) is 21.1. The summed E-state index contributed by atoms with van der Waals surface area (Å²) in [4.78, 5) is 23.4. The topological polar surface area (TPSA) is 74.6 Å². The molecule has 0 heterocycles. The van der Waals surface area contributed by atoms with Crippen LogP contribution >= 0.6 is 0 Å². The van der Waals surface area contributed by atoms with Gasteiger partial charge in [-0.1, -0.05) is 95.6 Å². The lowest BCUT2D eigenvalue weighted by atomic mass is 9.71. The van der Waals surface area contributed by atoms with E-state index in [1.807, 2.05) is 0 Å². The Morgan fingerprint density at radius 2 is 0.848 bits per heavy atom. The van der Waals surface area contributed by atoms with E-state index in [0.717, 1.165) is 96.3 Å². The molecular formula is C29H50O4. The summed E-state index contributed by atoms with van der Waals surface area (Å²) in [6.45, 7) is 0. The van der Waals surface area contributed by atoms with E-state index in [1.54, 1.807) is 0 Å². The van der Waals surface area contributed by atoms with Gasteiger partial charge in [-0.25, -0.2) is 0 Å². The van der Waals surface area contributed by atoms with Crippen molar-refractivity contribution in [2.24, 2.45) is 10.8 Å². The Hall–Kier alpha value is -1.32. The molecule has 0 unspecified atom stereocenters. The number of carbonyl (C=O) groups is 2. The monoisotopic (exact) mass is 462 g/mol. The van der Waals surface area contributed by atoms with E-state index in [4.69, 9.17) is 0 Å². The highest BCUT2D eigenvalue weighted by Gasteiger charge is 2.39. The molecule has 0 saturated heterocycles. The SMILES string of the molecule is O=C(O)C1(CCCCCC/C=C\CCCCCCCC2(C(=O)O)CCCCC2)CCCCC1. The van der Waals surface area contributed by atoms with Gasteiger partial charge in [0.05, 0.1) is 10.8 Å². The Morgan fingerprint density at radius 3 is 1.21 bits per heavy atom. The minimum Gasteiger partial charge on any atom is -0.481 e. The summed E-state index contributed by atoms with van der Waals surface area (Å²) in [5.74, 6) is -1.11. The highest BCUT2D eigenvalue weighted by Crippen LogP contribution is 2.42. The highest BCUT2D eigenvalue weighted by atomic mass is 16.4. The first-order valence-electron chi connectivity index (χ1n) is 14.1. The number of unbranched alkanes of at least 4 members (excludes halogenated alkanes) is 9. The third-order valence-corrected chi connectivity index (χ3v) is 8.50. The second-order valence-electron chi connectivity index (χ2n) is 11.0. The van der Waals surface area contributed by atoms with Crippen molar-refractivity contribution in [1.29, 1.82) is 0 Å². The third kappa shape index (κ3) is 9.83. The van der Waals surface area contributed by atoms with Crippen molar-refractivity contribution in [3.63, 3.8) is 0 Å². The Morgan fingerprint density at radius 1 is 0.515 bits per heavy atom. The summed E-state index contributed by atoms with van der Waals surface area (Å²) in [5, 5.41) is 19.3. The zero-order valence-electron chi connectivity index (χ0n) is 21.1. The predicted molar refractivity (Wildman–Crippen MR) is 135 cm³/mol. The maximum Gasteiger partial charge on any atom is 0.309 e. The summed E-state index contributed by atoms with van der Waals surface area (Å²) in [5.41, 5.74) is -0.819. The molecule has 4 nitrogen and oxygen atoms in total. The summed E-state index contributed by atoms with van der Waals surface area (Å²) >= 11 is 0. The van der Waals surface area contributed by atoms with E-state index in [-0.39, 0.29) is 0 Å². The van der Waals surface area contributed by atoms with Gasteiger partial charge in [0.25, 0.3) is 0 Å². The van der Waals surface area contributed by atoms with E-state index < -0.39 is 22.8 Å². The number of allylic oxidation sites excluding steroid dienone is 2. The van der Waals surface area contributed by atoms with Gasteiger partial charge in [0, 0.05) is 0 Å². The number of hydrogen-bond donors (Lipinski definition) is 2.